The Kier molecular flexibility index (Phi) is 5.83. The summed E-state index contributed by atoms with van der Waals surface area (Å²) in [5.41, 5.74) is -1.30. The molecule has 0 bridgehead atoms. The number of hydrogen-bond donors (Lipinski definition) is 0. The fourth-order valence-electron chi connectivity index (χ4n) is 2.61. The minimum Gasteiger partial charge on any atom is -0.458 e. The summed E-state index contributed by atoms with van der Waals surface area (Å²) in [5.74, 6) is -0.470. The second-order valence-electron chi connectivity index (χ2n) is 8.07. The fraction of sp³-hybridized carbons (Fsp3) is 0.824. The van der Waals surface area contributed by atoms with E-state index in [4.69, 9.17) is 9.47 Å². The van der Waals surface area contributed by atoms with Gasteiger partial charge in [0, 0.05) is 12.5 Å². The lowest BCUT2D eigenvalue weighted by molar-refractivity contribution is -0.160. The smallest absolute Gasteiger partial charge is 0.411 e. The number of Topliss-reactive ketones (excluding diaryl/α,β-unsaturated/α-hetero) is 1. The molecular weight excluding hydrogens is 298 g/mol. The van der Waals surface area contributed by atoms with Gasteiger partial charge in [0.05, 0.1) is 0 Å². The molecule has 1 rings (SSSR count). The van der Waals surface area contributed by atoms with Crippen LogP contribution in [0, 0.1) is 0 Å². The van der Waals surface area contributed by atoms with Gasteiger partial charge in [-0.1, -0.05) is 0 Å². The minimum atomic E-state index is -0.701. The number of hydrogen-bond acceptors (Lipinski definition) is 5. The van der Waals surface area contributed by atoms with Crippen molar-refractivity contribution in [2.75, 3.05) is 0 Å². The lowest BCUT2D eigenvalue weighted by Crippen LogP contribution is -2.49. The highest BCUT2D eigenvalue weighted by Gasteiger charge is 2.44. The molecule has 0 aromatic carbocycles. The summed E-state index contributed by atoms with van der Waals surface area (Å²) in [6, 6.07) is -1.02. The number of ketones is 1. The van der Waals surface area contributed by atoms with Crippen LogP contribution in [0.15, 0.2) is 0 Å². The number of carbonyl (C=O) groups is 3. The molecule has 1 amide bonds. The first-order valence-electron chi connectivity index (χ1n) is 8.04. The third kappa shape index (κ3) is 6.20. The first-order chi connectivity index (χ1) is 10.3. The Labute approximate surface area is 138 Å². The van der Waals surface area contributed by atoms with E-state index in [2.05, 4.69) is 0 Å². The molecule has 23 heavy (non-hydrogen) atoms. The Morgan fingerprint density at radius 1 is 0.957 bits per heavy atom. The van der Waals surface area contributed by atoms with Crippen molar-refractivity contribution in [1.82, 2.24) is 4.90 Å². The molecule has 0 aromatic heterocycles. The van der Waals surface area contributed by atoms with Crippen molar-refractivity contribution in [2.24, 2.45) is 0 Å². The van der Waals surface area contributed by atoms with Crippen LogP contribution >= 0.6 is 0 Å². The summed E-state index contributed by atoms with van der Waals surface area (Å²) in [6.07, 6.45) is 0.713. The van der Waals surface area contributed by atoms with Crippen LogP contribution in [0.3, 0.4) is 0 Å². The standard InChI is InChI=1S/C17H29NO5/c1-11(19)10-12-8-9-13(14(20)22-16(2,3)4)18(12)15(21)23-17(5,6)7/h12-13H,8-10H2,1-7H3/t12-,13-/m0/s1. The van der Waals surface area contributed by atoms with E-state index in [1.165, 1.54) is 11.8 Å². The first-order valence-corrected chi connectivity index (χ1v) is 8.04. The average molecular weight is 327 g/mol. The van der Waals surface area contributed by atoms with E-state index in [-0.39, 0.29) is 18.2 Å². The maximum atomic E-state index is 12.5. The van der Waals surface area contributed by atoms with Crippen molar-refractivity contribution in [3.8, 4) is 0 Å². The number of nitrogens with zero attached hydrogens (tertiary/aromatic N) is 1. The van der Waals surface area contributed by atoms with Gasteiger partial charge in [-0.15, -0.1) is 0 Å². The first kappa shape index (κ1) is 19.5. The van der Waals surface area contributed by atoms with Crippen molar-refractivity contribution >= 4 is 17.8 Å². The van der Waals surface area contributed by atoms with Gasteiger partial charge >= 0.3 is 12.1 Å². The molecule has 2 atom stereocenters. The number of esters is 1. The van der Waals surface area contributed by atoms with E-state index in [9.17, 15) is 14.4 Å². The van der Waals surface area contributed by atoms with Crippen molar-refractivity contribution in [3.05, 3.63) is 0 Å². The van der Waals surface area contributed by atoms with Crippen molar-refractivity contribution in [3.63, 3.8) is 0 Å². The van der Waals surface area contributed by atoms with E-state index in [0.717, 1.165) is 0 Å². The quantitative estimate of drug-likeness (QED) is 0.745. The maximum Gasteiger partial charge on any atom is 0.411 e. The van der Waals surface area contributed by atoms with Crippen LogP contribution in [-0.4, -0.2) is 46.0 Å². The molecule has 6 nitrogen and oxygen atoms in total. The molecule has 0 spiro atoms. The van der Waals surface area contributed by atoms with Gasteiger partial charge in [0.2, 0.25) is 0 Å². The summed E-state index contributed by atoms with van der Waals surface area (Å²) in [4.78, 5) is 37.8. The van der Waals surface area contributed by atoms with Crippen LogP contribution in [0.5, 0.6) is 0 Å². The summed E-state index contributed by atoms with van der Waals surface area (Å²) in [6.45, 7) is 12.1. The van der Waals surface area contributed by atoms with Crippen LogP contribution in [0.4, 0.5) is 4.79 Å². The summed E-state index contributed by atoms with van der Waals surface area (Å²) >= 11 is 0. The van der Waals surface area contributed by atoms with E-state index in [1.54, 1.807) is 41.5 Å². The normalized spacial score (nSPS) is 22.0. The topological polar surface area (TPSA) is 72.9 Å². The number of amides is 1. The zero-order chi connectivity index (χ0) is 18.0. The van der Waals surface area contributed by atoms with Crippen molar-refractivity contribution in [2.45, 2.75) is 91.0 Å². The molecule has 0 unspecified atom stereocenters. The Bertz CT molecular complexity index is 472. The second kappa shape index (κ2) is 6.89. The van der Waals surface area contributed by atoms with Gasteiger partial charge in [-0.05, 0) is 61.3 Å². The van der Waals surface area contributed by atoms with E-state index in [1.807, 2.05) is 0 Å². The van der Waals surface area contributed by atoms with Gasteiger partial charge in [-0.25, -0.2) is 9.59 Å². The highest BCUT2D eigenvalue weighted by atomic mass is 16.6. The second-order valence-corrected chi connectivity index (χ2v) is 8.07. The maximum absolute atomic E-state index is 12.5. The Morgan fingerprint density at radius 3 is 1.91 bits per heavy atom. The highest BCUT2D eigenvalue weighted by molar-refractivity contribution is 5.84. The average Bonchev–Trinajstić information content (AvgIpc) is 2.66. The summed E-state index contributed by atoms with van der Waals surface area (Å²) in [5, 5.41) is 0. The molecule has 0 radical (unpaired) electrons. The molecule has 0 aromatic rings. The molecule has 0 N–H and O–H groups in total. The lowest BCUT2D eigenvalue weighted by Gasteiger charge is -2.32. The number of likely N-dealkylation sites (tertiary alicyclic amines) is 1. The predicted octanol–water partition coefficient (Wildman–Crippen LogP) is 3.08. The zero-order valence-electron chi connectivity index (χ0n) is 15.3. The molecule has 1 saturated heterocycles. The molecule has 1 aliphatic rings. The highest BCUT2D eigenvalue weighted by Crippen LogP contribution is 2.30. The molecule has 0 saturated carbocycles. The fourth-order valence-corrected chi connectivity index (χ4v) is 2.61. The van der Waals surface area contributed by atoms with Gasteiger partial charge in [0.25, 0.3) is 0 Å². The van der Waals surface area contributed by atoms with Crippen LogP contribution in [-0.2, 0) is 19.1 Å². The van der Waals surface area contributed by atoms with Crippen molar-refractivity contribution < 1.29 is 23.9 Å². The summed E-state index contributed by atoms with van der Waals surface area (Å²) < 4.78 is 10.8. The molecular formula is C17H29NO5. The number of rotatable bonds is 3. The van der Waals surface area contributed by atoms with Gasteiger partial charge in [0.15, 0.2) is 0 Å². The van der Waals surface area contributed by atoms with E-state index >= 15 is 0 Å². The van der Waals surface area contributed by atoms with Gasteiger partial charge < -0.3 is 9.47 Å². The molecule has 1 heterocycles. The molecule has 132 valence electrons. The van der Waals surface area contributed by atoms with Crippen LogP contribution in [0.2, 0.25) is 0 Å². The molecule has 6 heteroatoms. The van der Waals surface area contributed by atoms with Crippen LogP contribution in [0.25, 0.3) is 0 Å². The number of ether oxygens (including phenoxy) is 2. The van der Waals surface area contributed by atoms with Crippen LogP contribution in [0.1, 0.15) is 67.7 Å². The van der Waals surface area contributed by atoms with Crippen molar-refractivity contribution in [1.29, 1.82) is 0 Å². The largest absolute Gasteiger partial charge is 0.458 e. The van der Waals surface area contributed by atoms with Gasteiger partial charge in [-0.3, -0.25) is 9.69 Å². The third-order valence-corrected chi connectivity index (χ3v) is 3.31. The third-order valence-electron chi connectivity index (χ3n) is 3.31. The summed E-state index contributed by atoms with van der Waals surface area (Å²) in [7, 11) is 0. The monoisotopic (exact) mass is 327 g/mol. The SMILES string of the molecule is CC(=O)C[C@@H]1CC[C@@H](C(=O)OC(C)(C)C)N1C(=O)OC(C)(C)C. The number of carbonyl (C=O) groups excluding carboxylic acids is 3. The van der Waals surface area contributed by atoms with Crippen LogP contribution < -0.4 is 0 Å². The molecule has 1 fully saturated rings. The molecule has 0 aliphatic carbocycles. The van der Waals surface area contributed by atoms with Gasteiger partial charge in [0.1, 0.15) is 23.0 Å². The van der Waals surface area contributed by atoms with E-state index < -0.39 is 29.3 Å². The molecule has 1 aliphatic heterocycles. The zero-order valence-corrected chi connectivity index (χ0v) is 15.3. The Hall–Kier alpha value is -1.59. The lowest BCUT2D eigenvalue weighted by atomic mass is 10.1. The van der Waals surface area contributed by atoms with E-state index in [0.29, 0.717) is 12.8 Å². The Morgan fingerprint density at radius 2 is 1.48 bits per heavy atom. The predicted molar refractivity (Wildman–Crippen MR) is 86.0 cm³/mol. The Balaban J connectivity index is 2.97. The van der Waals surface area contributed by atoms with Gasteiger partial charge in [-0.2, -0.15) is 0 Å². The minimum absolute atomic E-state index is 0.0200.